The van der Waals surface area contributed by atoms with E-state index in [1.165, 1.54) is 0 Å². The van der Waals surface area contributed by atoms with Crippen molar-refractivity contribution in [3.63, 3.8) is 0 Å². The highest BCUT2D eigenvalue weighted by Gasteiger charge is 2.72. The molecule has 4 heterocycles. The fourth-order valence-electron chi connectivity index (χ4n) is 16.1. The van der Waals surface area contributed by atoms with Crippen LogP contribution in [0.3, 0.4) is 0 Å². The summed E-state index contributed by atoms with van der Waals surface area (Å²) in [5.74, 6) is -2.49. The van der Waals surface area contributed by atoms with E-state index in [1.807, 2.05) is 0 Å². The van der Waals surface area contributed by atoms with Crippen molar-refractivity contribution in [1.82, 2.24) is 0 Å². The van der Waals surface area contributed by atoms with E-state index in [9.17, 15) is 76.3 Å². The molecule has 0 bridgehead atoms. The first-order valence-corrected chi connectivity index (χ1v) is 27.4. The van der Waals surface area contributed by atoms with E-state index in [1.54, 1.807) is 6.92 Å². The van der Waals surface area contributed by atoms with E-state index in [4.69, 9.17) is 37.9 Å². The topological polar surface area (TPSA) is 391 Å². The molecule has 0 aromatic carbocycles. The molecule has 14 N–H and O–H groups in total. The van der Waals surface area contributed by atoms with E-state index in [0.717, 1.165) is 5.57 Å². The van der Waals surface area contributed by atoms with Gasteiger partial charge in [0.05, 0.1) is 43.4 Å². The van der Waals surface area contributed by atoms with Gasteiger partial charge < -0.3 is 109 Å². The molecule has 9 aliphatic rings. The summed E-state index contributed by atoms with van der Waals surface area (Å²) in [4.78, 5) is 29.1. The zero-order chi connectivity index (χ0) is 56.3. The van der Waals surface area contributed by atoms with Crippen LogP contribution >= 0.6 is 0 Å². The zero-order valence-electron chi connectivity index (χ0n) is 44.6. The number of carboxylic acids is 1. The first kappa shape index (κ1) is 59.5. The summed E-state index contributed by atoms with van der Waals surface area (Å²) >= 11 is 0. The summed E-state index contributed by atoms with van der Waals surface area (Å²) in [6.45, 7) is 10.2. The highest BCUT2D eigenvalue weighted by molar-refractivity contribution is 5.79. The molecule has 0 spiro atoms. The SMILES string of the molecule is CC1(C)CCC2(C(=O)OC3OC(COC4OC(CO)C(O)C(O)C4O)C(O)C(OC4OC(CO)C(O)C(O)C4O)C3O)CCC3(C)C(=CCC4C5(C)CCC(OC6OCC(O)C(O)C6O)C(C)(C(=O)O)C5CCC43C)C2C1. The number of allylic oxidation sites excluding steroid dienone is 2. The maximum absolute atomic E-state index is 15.4. The van der Waals surface area contributed by atoms with Gasteiger partial charge in [0.15, 0.2) is 18.9 Å². The minimum absolute atomic E-state index is 0.00774. The number of ether oxygens (including phenoxy) is 8. The van der Waals surface area contributed by atoms with Crippen molar-refractivity contribution in [1.29, 1.82) is 0 Å². The van der Waals surface area contributed by atoms with Gasteiger partial charge in [-0.1, -0.05) is 46.3 Å². The van der Waals surface area contributed by atoms with E-state index >= 15 is 4.79 Å². The van der Waals surface area contributed by atoms with Crippen LogP contribution in [0.2, 0.25) is 0 Å². The van der Waals surface area contributed by atoms with Gasteiger partial charge in [0.1, 0.15) is 91.6 Å². The molecule has 8 fully saturated rings. The number of aliphatic hydroxyl groups is 13. The predicted octanol–water partition coefficient (Wildman–Crippen LogP) is -2.33. The van der Waals surface area contributed by atoms with Gasteiger partial charge in [0.25, 0.3) is 0 Å². The first-order valence-electron chi connectivity index (χ1n) is 27.4. The number of carboxylic acid groups (broad SMARTS) is 1. The molecule has 4 saturated heterocycles. The molecule has 0 aromatic rings. The maximum Gasteiger partial charge on any atom is 0.315 e. The first-order chi connectivity index (χ1) is 36.0. The van der Waals surface area contributed by atoms with Gasteiger partial charge >= 0.3 is 11.9 Å². The Labute approximate surface area is 446 Å². The van der Waals surface area contributed by atoms with Gasteiger partial charge in [-0.05, 0) is 111 Å². The van der Waals surface area contributed by atoms with Gasteiger partial charge in [-0.3, -0.25) is 9.59 Å². The molecule has 28 unspecified atom stereocenters. The smallest absolute Gasteiger partial charge is 0.315 e. The second kappa shape index (κ2) is 21.6. The molecule has 4 saturated carbocycles. The molecule has 0 aromatic heterocycles. The minimum atomic E-state index is -2.02. The van der Waals surface area contributed by atoms with E-state index < -0.39 is 182 Å². The third kappa shape index (κ3) is 9.65. The Balaban J connectivity index is 0.992. The Kier molecular flexibility index (Phi) is 16.7. The van der Waals surface area contributed by atoms with E-state index in [-0.39, 0.29) is 29.8 Å². The molecule has 0 radical (unpaired) electrons. The summed E-state index contributed by atoms with van der Waals surface area (Å²) < 4.78 is 47.0. The molecular formula is C53H84O24. The van der Waals surface area contributed by atoms with Gasteiger partial charge in [-0.2, -0.15) is 0 Å². The Morgan fingerprint density at radius 2 is 1.21 bits per heavy atom. The number of fused-ring (bicyclic) bond motifs is 7. The highest BCUT2D eigenvalue weighted by atomic mass is 16.8. The van der Waals surface area contributed by atoms with Crippen molar-refractivity contribution >= 4 is 11.9 Å². The number of aliphatic hydroxyl groups excluding tert-OH is 13. The number of rotatable bonds is 12. The lowest BCUT2D eigenvalue weighted by molar-refractivity contribution is -0.363. The highest BCUT2D eigenvalue weighted by Crippen LogP contribution is 2.76. The molecule has 28 atom stereocenters. The van der Waals surface area contributed by atoms with Crippen molar-refractivity contribution in [3.05, 3.63) is 11.6 Å². The number of hydrogen-bond donors (Lipinski definition) is 14. The van der Waals surface area contributed by atoms with Crippen LogP contribution < -0.4 is 0 Å². The predicted molar refractivity (Wildman–Crippen MR) is 259 cm³/mol. The summed E-state index contributed by atoms with van der Waals surface area (Å²) in [7, 11) is 0. The number of hydrogen-bond acceptors (Lipinski definition) is 23. The van der Waals surface area contributed by atoms with Gasteiger partial charge in [0, 0.05) is 0 Å². The second-order valence-corrected chi connectivity index (χ2v) is 25.6. The van der Waals surface area contributed by atoms with Crippen molar-refractivity contribution in [2.24, 2.45) is 50.2 Å². The molecule has 4 aliphatic heterocycles. The summed E-state index contributed by atoms with van der Waals surface area (Å²) in [6.07, 6.45) is -25.9. The fraction of sp³-hybridized carbons (Fsp3) is 0.925. The molecule has 24 heteroatoms. The molecule has 77 heavy (non-hydrogen) atoms. The van der Waals surface area contributed by atoms with E-state index in [2.05, 4.69) is 40.7 Å². The Morgan fingerprint density at radius 3 is 1.84 bits per heavy atom. The van der Waals surface area contributed by atoms with Gasteiger partial charge in [0.2, 0.25) is 6.29 Å². The summed E-state index contributed by atoms with van der Waals surface area (Å²) in [6, 6.07) is 0. The van der Waals surface area contributed by atoms with Crippen LogP contribution in [-0.4, -0.2) is 233 Å². The lowest BCUT2D eigenvalue weighted by atomic mass is 9.33. The number of aliphatic carboxylic acids is 1. The van der Waals surface area contributed by atoms with Crippen molar-refractivity contribution < 1.29 is 119 Å². The van der Waals surface area contributed by atoms with Crippen LogP contribution in [0.25, 0.3) is 0 Å². The number of esters is 1. The monoisotopic (exact) mass is 1100 g/mol. The van der Waals surface area contributed by atoms with Crippen LogP contribution in [0.1, 0.15) is 106 Å². The average Bonchev–Trinajstić information content (AvgIpc) is 3.58. The van der Waals surface area contributed by atoms with E-state index in [0.29, 0.717) is 64.2 Å². The van der Waals surface area contributed by atoms with Crippen LogP contribution in [0, 0.1) is 50.2 Å². The van der Waals surface area contributed by atoms with Crippen molar-refractivity contribution in [2.45, 2.75) is 229 Å². The number of carbonyl (C=O) groups excluding carboxylic acids is 1. The normalized spacial score (nSPS) is 53.6. The zero-order valence-corrected chi connectivity index (χ0v) is 44.6. The maximum atomic E-state index is 15.4. The third-order valence-corrected chi connectivity index (χ3v) is 21.1. The molecule has 440 valence electrons. The van der Waals surface area contributed by atoms with Crippen molar-refractivity contribution in [2.75, 3.05) is 26.4 Å². The largest absolute Gasteiger partial charge is 0.481 e. The minimum Gasteiger partial charge on any atom is -0.481 e. The van der Waals surface area contributed by atoms with Crippen LogP contribution in [0.4, 0.5) is 0 Å². The van der Waals surface area contributed by atoms with Crippen LogP contribution in [0.15, 0.2) is 11.6 Å². The second-order valence-electron chi connectivity index (χ2n) is 25.6. The fourth-order valence-corrected chi connectivity index (χ4v) is 16.1. The van der Waals surface area contributed by atoms with Crippen molar-refractivity contribution in [3.8, 4) is 0 Å². The van der Waals surface area contributed by atoms with Crippen LogP contribution in [0.5, 0.6) is 0 Å². The lowest BCUT2D eigenvalue weighted by Crippen LogP contribution is -2.67. The summed E-state index contributed by atoms with van der Waals surface area (Å²) in [5.41, 5.74) is -3.10. The van der Waals surface area contributed by atoms with Gasteiger partial charge in [-0.15, -0.1) is 0 Å². The molecule has 24 nitrogen and oxygen atoms in total. The average molecular weight is 1110 g/mol. The Hall–Kier alpha value is -2.12. The quantitative estimate of drug-likeness (QED) is 0.0554. The van der Waals surface area contributed by atoms with Gasteiger partial charge in [-0.25, -0.2) is 0 Å². The number of carbonyl (C=O) groups is 2. The summed E-state index contributed by atoms with van der Waals surface area (Å²) in [5, 5.41) is 149. The Morgan fingerprint density at radius 1 is 0.610 bits per heavy atom. The lowest BCUT2D eigenvalue weighted by Gasteiger charge is -2.71. The molecule has 5 aliphatic carbocycles. The Bertz CT molecular complexity index is 2160. The standard InChI is InChI=1S/C53H84O24/c1-48(2)13-15-53(47(69)77-45-40(66)41(76-44-39(65)36(62)33(59)26(19-55)73-44)34(60)27(74-45)21-71-42-38(64)35(61)32(58)25(18-54)72-42)16-14-50(4)22(23(53)17-48)7-8-28-49(3)11-10-30(75-43-37(63)31(57)24(56)20-70-43)52(6,46(67)68)29(49)9-12-51(28,50)5/h7,23-45,54-66H,8-21H2,1-6H3,(H,67,68). The molecule has 0 amide bonds. The molecular weight excluding hydrogens is 1020 g/mol. The van der Waals surface area contributed by atoms with Crippen LogP contribution in [-0.2, 0) is 47.5 Å². The third-order valence-electron chi connectivity index (χ3n) is 21.1. The molecule has 9 rings (SSSR count).